The summed E-state index contributed by atoms with van der Waals surface area (Å²) < 4.78 is 11.7. The van der Waals surface area contributed by atoms with E-state index in [1.807, 2.05) is 36.4 Å². The van der Waals surface area contributed by atoms with Gasteiger partial charge in [-0.25, -0.2) is 0 Å². The second-order valence-corrected chi connectivity index (χ2v) is 7.06. The van der Waals surface area contributed by atoms with Gasteiger partial charge in [0, 0.05) is 6.54 Å². The van der Waals surface area contributed by atoms with E-state index in [4.69, 9.17) is 20.8 Å². The van der Waals surface area contributed by atoms with E-state index in [0.717, 1.165) is 18.5 Å². The van der Waals surface area contributed by atoms with Gasteiger partial charge in [-0.05, 0) is 44.2 Å². The van der Waals surface area contributed by atoms with Gasteiger partial charge in [0.25, 0.3) is 0 Å². The van der Waals surface area contributed by atoms with Gasteiger partial charge in [-0.15, -0.1) is 10.2 Å². The quantitative estimate of drug-likeness (QED) is 0.441. The van der Waals surface area contributed by atoms with Crippen LogP contribution in [0.3, 0.4) is 0 Å². The van der Waals surface area contributed by atoms with E-state index in [-0.39, 0.29) is 5.78 Å². The summed E-state index contributed by atoms with van der Waals surface area (Å²) >= 11 is 6.21. The van der Waals surface area contributed by atoms with Crippen LogP contribution in [-0.4, -0.2) is 40.6 Å². The number of ketones is 1. The Labute approximate surface area is 175 Å². The zero-order chi connectivity index (χ0) is 20.6. The van der Waals surface area contributed by atoms with Crippen molar-refractivity contribution in [2.75, 3.05) is 19.7 Å². The summed E-state index contributed by atoms with van der Waals surface area (Å²) in [7, 11) is 0. The highest BCUT2D eigenvalue weighted by Crippen LogP contribution is 2.26. The van der Waals surface area contributed by atoms with Gasteiger partial charge in [0.1, 0.15) is 12.4 Å². The second kappa shape index (κ2) is 10.2. The lowest BCUT2D eigenvalue weighted by molar-refractivity contribution is 0.101. The molecule has 0 saturated carbocycles. The first-order valence-electron chi connectivity index (χ1n) is 9.61. The second-order valence-electron chi connectivity index (χ2n) is 6.66. The Kier molecular flexibility index (Phi) is 7.38. The fourth-order valence-electron chi connectivity index (χ4n) is 3.01. The normalized spacial score (nSPS) is 11.0. The number of halogens is 1. The van der Waals surface area contributed by atoms with Gasteiger partial charge in [0.15, 0.2) is 5.78 Å². The molecule has 3 aromatic rings. The lowest BCUT2D eigenvalue weighted by Gasteiger charge is -2.20. The number of hydrogen-bond acceptors (Lipinski definition) is 6. The minimum Gasteiger partial charge on any atom is -0.491 e. The molecule has 0 atom stereocenters. The Bertz CT molecular complexity index is 958. The Hall–Kier alpha value is -2.70. The summed E-state index contributed by atoms with van der Waals surface area (Å²) in [4.78, 5) is 13.9. The van der Waals surface area contributed by atoms with Crippen molar-refractivity contribution in [3.63, 3.8) is 0 Å². The van der Waals surface area contributed by atoms with Crippen LogP contribution in [0.15, 0.2) is 52.9 Å². The average Bonchev–Trinajstić information content (AvgIpc) is 3.17. The number of aromatic nitrogens is 2. The maximum atomic E-state index is 11.7. The number of hydrogen-bond donors (Lipinski definition) is 0. The molecule has 0 aliphatic rings. The van der Waals surface area contributed by atoms with E-state index in [1.54, 1.807) is 12.1 Å². The van der Waals surface area contributed by atoms with Crippen LogP contribution in [0, 0.1) is 0 Å². The molecule has 0 radical (unpaired) electrons. The zero-order valence-corrected chi connectivity index (χ0v) is 17.4. The maximum absolute atomic E-state index is 11.7. The van der Waals surface area contributed by atoms with E-state index in [1.165, 1.54) is 6.92 Å². The Morgan fingerprint density at radius 2 is 1.86 bits per heavy atom. The molecule has 1 heterocycles. The lowest BCUT2D eigenvalue weighted by atomic mass is 10.1. The minimum absolute atomic E-state index is 0.0102. The summed E-state index contributed by atoms with van der Waals surface area (Å²) in [6, 6.07) is 14.7. The van der Waals surface area contributed by atoms with Crippen molar-refractivity contribution in [3.05, 3.63) is 65.0 Å². The van der Waals surface area contributed by atoms with E-state index in [9.17, 15) is 4.79 Å². The topological polar surface area (TPSA) is 68.5 Å². The average molecular weight is 414 g/mol. The highest BCUT2D eigenvalue weighted by Gasteiger charge is 2.15. The van der Waals surface area contributed by atoms with Gasteiger partial charge in [-0.3, -0.25) is 9.69 Å². The van der Waals surface area contributed by atoms with Gasteiger partial charge in [-0.1, -0.05) is 42.8 Å². The number of carbonyl (C=O) groups is 1. The van der Waals surface area contributed by atoms with Crippen LogP contribution in [0.1, 0.15) is 36.5 Å². The molecule has 2 aromatic carbocycles. The summed E-state index contributed by atoms with van der Waals surface area (Å²) in [5.41, 5.74) is 1.31. The molecule has 0 fully saturated rings. The van der Waals surface area contributed by atoms with Crippen LogP contribution in [-0.2, 0) is 6.54 Å². The van der Waals surface area contributed by atoms with Crippen LogP contribution >= 0.6 is 11.6 Å². The molecular weight excluding hydrogens is 390 g/mol. The number of nitrogens with zero attached hydrogens (tertiary/aromatic N) is 3. The largest absolute Gasteiger partial charge is 0.491 e. The molecule has 1 aromatic heterocycles. The van der Waals surface area contributed by atoms with Crippen molar-refractivity contribution >= 4 is 17.4 Å². The van der Waals surface area contributed by atoms with Crippen LogP contribution in [0.5, 0.6) is 5.75 Å². The first-order valence-corrected chi connectivity index (χ1v) is 9.98. The molecule has 29 heavy (non-hydrogen) atoms. The smallest absolute Gasteiger partial charge is 0.249 e. The summed E-state index contributed by atoms with van der Waals surface area (Å²) in [6.45, 7) is 6.16. The number of ether oxygens (including phenoxy) is 1. The van der Waals surface area contributed by atoms with Crippen molar-refractivity contribution in [2.24, 2.45) is 0 Å². The molecule has 0 saturated heterocycles. The summed E-state index contributed by atoms with van der Waals surface area (Å²) in [6.07, 6.45) is 0.982. The van der Waals surface area contributed by atoms with Crippen molar-refractivity contribution < 1.29 is 13.9 Å². The predicted octanol–water partition coefficient (Wildman–Crippen LogP) is 4.88. The number of Topliss-reactive ketones (excluding diaryl/α,β-unsaturated/α-hetero) is 1. The number of para-hydroxylation sites is 1. The molecule has 0 bridgehead atoms. The molecule has 0 aliphatic heterocycles. The van der Waals surface area contributed by atoms with Crippen molar-refractivity contribution in [1.82, 2.24) is 15.1 Å². The molecule has 152 valence electrons. The van der Waals surface area contributed by atoms with E-state index >= 15 is 0 Å². The SMILES string of the molecule is CCCN(CCOc1ccccc1C(C)=O)Cc1nnc(-c2ccccc2Cl)o1. The zero-order valence-electron chi connectivity index (χ0n) is 16.6. The van der Waals surface area contributed by atoms with E-state index in [2.05, 4.69) is 22.0 Å². The molecule has 7 heteroatoms. The van der Waals surface area contributed by atoms with Gasteiger partial charge in [-0.2, -0.15) is 0 Å². The van der Waals surface area contributed by atoms with Crippen LogP contribution in [0.4, 0.5) is 0 Å². The highest BCUT2D eigenvalue weighted by molar-refractivity contribution is 6.33. The van der Waals surface area contributed by atoms with Crippen LogP contribution in [0.2, 0.25) is 5.02 Å². The molecule has 0 amide bonds. The van der Waals surface area contributed by atoms with Gasteiger partial charge in [0.05, 0.1) is 22.7 Å². The van der Waals surface area contributed by atoms with Crippen LogP contribution < -0.4 is 4.74 Å². The molecule has 0 unspecified atom stereocenters. The Balaban J connectivity index is 1.61. The van der Waals surface area contributed by atoms with Crippen molar-refractivity contribution in [1.29, 1.82) is 0 Å². The molecule has 0 N–H and O–H groups in total. The molecule has 6 nitrogen and oxygen atoms in total. The van der Waals surface area contributed by atoms with Gasteiger partial charge in [0.2, 0.25) is 11.8 Å². The molecular formula is C22H24ClN3O3. The minimum atomic E-state index is -0.0102. The number of benzene rings is 2. The first kappa shape index (κ1) is 21.0. The third-order valence-corrected chi connectivity index (χ3v) is 4.73. The fourth-order valence-corrected chi connectivity index (χ4v) is 3.22. The third-order valence-electron chi connectivity index (χ3n) is 4.40. The molecule has 3 rings (SSSR count). The first-order chi connectivity index (χ1) is 14.1. The molecule has 0 aliphatic carbocycles. The summed E-state index contributed by atoms with van der Waals surface area (Å²) in [5, 5.41) is 8.85. The number of rotatable bonds is 10. The van der Waals surface area contributed by atoms with Gasteiger partial charge >= 0.3 is 0 Å². The number of carbonyl (C=O) groups excluding carboxylic acids is 1. The standard InChI is InChI=1S/C22H24ClN3O3/c1-3-12-26(13-14-28-20-11-7-5-8-17(20)16(2)27)15-21-24-25-22(29-21)18-9-4-6-10-19(18)23/h4-11H,3,12-15H2,1-2H3. The van der Waals surface area contributed by atoms with Crippen molar-refractivity contribution in [2.45, 2.75) is 26.8 Å². The predicted molar refractivity (Wildman–Crippen MR) is 112 cm³/mol. The summed E-state index contributed by atoms with van der Waals surface area (Å²) in [5.74, 6) is 1.53. The fraction of sp³-hybridized carbons (Fsp3) is 0.318. The maximum Gasteiger partial charge on any atom is 0.249 e. The highest BCUT2D eigenvalue weighted by atomic mass is 35.5. The van der Waals surface area contributed by atoms with E-state index in [0.29, 0.717) is 47.8 Å². The monoisotopic (exact) mass is 413 g/mol. The van der Waals surface area contributed by atoms with Crippen LogP contribution in [0.25, 0.3) is 11.5 Å². The Morgan fingerprint density at radius 3 is 2.62 bits per heavy atom. The third kappa shape index (κ3) is 5.65. The van der Waals surface area contributed by atoms with E-state index < -0.39 is 0 Å². The van der Waals surface area contributed by atoms with Gasteiger partial charge < -0.3 is 9.15 Å². The van der Waals surface area contributed by atoms with Crippen molar-refractivity contribution in [3.8, 4) is 17.2 Å². The molecule has 0 spiro atoms. The Morgan fingerprint density at radius 1 is 1.10 bits per heavy atom. The lowest BCUT2D eigenvalue weighted by Crippen LogP contribution is -2.29.